The van der Waals surface area contributed by atoms with Crippen molar-refractivity contribution in [1.82, 2.24) is 0 Å². The zero-order valence-electron chi connectivity index (χ0n) is 7.56. The van der Waals surface area contributed by atoms with Gasteiger partial charge in [0.2, 0.25) is 0 Å². The number of hydrogen-bond acceptors (Lipinski definition) is 5. The highest BCUT2D eigenvalue weighted by molar-refractivity contribution is 4.99. The van der Waals surface area contributed by atoms with Gasteiger partial charge in [-0.3, -0.25) is 0 Å². The molecular formula is C7H16O6. The molecule has 0 aliphatic carbocycles. The van der Waals surface area contributed by atoms with Gasteiger partial charge in [0.25, 0.3) is 0 Å². The first-order valence-electron chi connectivity index (χ1n) is 3.71. The van der Waals surface area contributed by atoms with Crippen LogP contribution in [0.1, 0.15) is 13.8 Å². The Balaban J connectivity index is 0.00000144. The Bertz CT molecular complexity index is 178. The summed E-state index contributed by atoms with van der Waals surface area (Å²) in [5.41, 5.74) is -3.36. The molecule has 1 fully saturated rings. The molecule has 0 aromatic carbocycles. The SMILES string of the molecule is C[C@]1(O)[C@H](O)OC[C@](C)(O)[C@@H]1O.O. The topological polar surface area (TPSA) is 122 Å². The van der Waals surface area contributed by atoms with Gasteiger partial charge in [0.05, 0.1) is 6.61 Å². The normalized spacial score (nSPS) is 51.2. The molecule has 0 amide bonds. The minimum atomic E-state index is -1.83. The molecule has 1 rings (SSSR count). The molecule has 6 N–H and O–H groups in total. The molecule has 0 unspecified atom stereocenters. The Kier molecular flexibility index (Phi) is 3.42. The monoisotopic (exact) mass is 196 g/mol. The zero-order valence-corrected chi connectivity index (χ0v) is 7.56. The van der Waals surface area contributed by atoms with Crippen molar-refractivity contribution in [3.8, 4) is 0 Å². The fraction of sp³-hybridized carbons (Fsp3) is 1.00. The molecule has 0 bridgehead atoms. The Morgan fingerprint density at radius 2 is 1.69 bits per heavy atom. The molecule has 0 aromatic rings. The van der Waals surface area contributed by atoms with Crippen molar-refractivity contribution in [1.29, 1.82) is 0 Å². The Labute approximate surface area is 75.7 Å². The van der Waals surface area contributed by atoms with Crippen molar-refractivity contribution < 1.29 is 30.6 Å². The maximum absolute atomic E-state index is 9.46. The molecule has 1 aliphatic heterocycles. The minimum Gasteiger partial charge on any atom is -0.412 e. The molecule has 6 nitrogen and oxygen atoms in total. The molecule has 13 heavy (non-hydrogen) atoms. The van der Waals surface area contributed by atoms with Gasteiger partial charge in [0.15, 0.2) is 6.29 Å². The third kappa shape index (κ3) is 1.98. The summed E-state index contributed by atoms with van der Waals surface area (Å²) in [6.45, 7) is 2.33. The summed E-state index contributed by atoms with van der Waals surface area (Å²) in [4.78, 5) is 0. The van der Waals surface area contributed by atoms with Crippen molar-refractivity contribution in [3.63, 3.8) is 0 Å². The predicted molar refractivity (Wildman–Crippen MR) is 42.8 cm³/mol. The van der Waals surface area contributed by atoms with E-state index in [0.717, 1.165) is 0 Å². The summed E-state index contributed by atoms with van der Waals surface area (Å²) in [7, 11) is 0. The first-order chi connectivity index (χ1) is 5.28. The largest absolute Gasteiger partial charge is 0.412 e. The van der Waals surface area contributed by atoms with Gasteiger partial charge in [0, 0.05) is 0 Å². The van der Waals surface area contributed by atoms with Crippen molar-refractivity contribution in [2.45, 2.75) is 37.4 Å². The van der Waals surface area contributed by atoms with Crippen LogP contribution in [0, 0.1) is 0 Å². The van der Waals surface area contributed by atoms with E-state index in [-0.39, 0.29) is 12.1 Å². The van der Waals surface area contributed by atoms with E-state index in [1.165, 1.54) is 13.8 Å². The lowest BCUT2D eigenvalue weighted by molar-refractivity contribution is -0.319. The van der Waals surface area contributed by atoms with E-state index < -0.39 is 23.6 Å². The van der Waals surface area contributed by atoms with Crippen LogP contribution in [-0.4, -0.2) is 56.1 Å². The maximum Gasteiger partial charge on any atom is 0.186 e. The highest BCUT2D eigenvalue weighted by atomic mass is 16.6. The lowest BCUT2D eigenvalue weighted by atomic mass is 9.83. The number of aliphatic hydroxyl groups excluding tert-OH is 2. The summed E-state index contributed by atoms with van der Waals surface area (Å²) in [5, 5.41) is 37.4. The van der Waals surface area contributed by atoms with E-state index >= 15 is 0 Å². The second-order valence-corrected chi connectivity index (χ2v) is 3.65. The van der Waals surface area contributed by atoms with Gasteiger partial charge in [-0.25, -0.2) is 0 Å². The predicted octanol–water partition coefficient (Wildman–Crippen LogP) is -2.63. The number of aliphatic hydroxyl groups is 4. The number of ether oxygens (including phenoxy) is 1. The molecule has 1 heterocycles. The molecule has 1 aliphatic rings. The molecule has 0 saturated carbocycles. The summed E-state index contributed by atoms with van der Waals surface area (Å²) in [6.07, 6.45) is -2.89. The van der Waals surface area contributed by atoms with Crippen LogP contribution >= 0.6 is 0 Å². The van der Waals surface area contributed by atoms with Crippen LogP contribution in [0.5, 0.6) is 0 Å². The molecule has 0 spiro atoms. The van der Waals surface area contributed by atoms with Crippen molar-refractivity contribution in [3.05, 3.63) is 0 Å². The van der Waals surface area contributed by atoms with Crippen LogP contribution in [0.25, 0.3) is 0 Å². The van der Waals surface area contributed by atoms with E-state index in [2.05, 4.69) is 4.74 Å². The van der Waals surface area contributed by atoms with E-state index in [1.54, 1.807) is 0 Å². The third-order valence-electron chi connectivity index (χ3n) is 2.18. The molecule has 0 aromatic heterocycles. The maximum atomic E-state index is 9.46. The zero-order chi connectivity index (χ0) is 9.57. The highest BCUT2D eigenvalue weighted by Gasteiger charge is 2.52. The number of hydrogen-bond donors (Lipinski definition) is 4. The van der Waals surface area contributed by atoms with E-state index in [9.17, 15) is 15.3 Å². The first kappa shape index (κ1) is 12.8. The van der Waals surface area contributed by atoms with E-state index in [0.29, 0.717) is 0 Å². The smallest absolute Gasteiger partial charge is 0.186 e. The second-order valence-electron chi connectivity index (χ2n) is 3.65. The van der Waals surface area contributed by atoms with Gasteiger partial charge in [0.1, 0.15) is 17.3 Å². The quantitative estimate of drug-likeness (QED) is 0.338. The standard InChI is InChI=1S/C7H14O5.H2O/c1-6(10)3-12-5(9)7(2,11)4(6)8;/h4-5,8-11H,3H2,1-2H3;1H2/t4-,5+,6-,7+;/m0./s1. The van der Waals surface area contributed by atoms with E-state index in [1.807, 2.05) is 0 Å². The molecule has 4 atom stereocenters. The second kappa shape index (κ2) is 3.49. The van der Waals surface area contributed by atoms with Gasteiger partial charge < -0.3 is 30.6 Å². The van der Waals surface area contributed by atoms with Crippen LogP contribution < -0.4 is 0 Å². The number of rotatable bonds is 0. The summed E-state index contributed by atoms with van der Waals surface area (Å²) >= 11 is 0. The highest BCUT2D eigenvalue weighted by Crippen LogP contribution is 2.30. The van der Waals surface area contributed by atoms with Crippen molar-refractivity contribution in [2.75, 3.05) is 6.61 Å². The lowest BCUT2D eigenvalue weighted by Crippen LogP contribution is -2.66. The first-order valence-corrected chi connectivity index (χ1v) is 3.71. The van der Waals surface area contributed by atoms with Gasteiger partial charge in [-0.15, -0.1) is 0 Å². The Morgan fingerprint density at radius 1 is 1.23 bits per heavy atom. The van der Waals surface area contributed by atoms with Crippen LogP contribution in [0.15, 0.2) is 0 Å². The Morgan fingerprint density at radius 3 is 2.08 bits per heavy atom. The van der Waals surface area contributed by atoms with Crippen molar-refractivity contribution >= 4 is 0 Å². The summed E-state index contributed by atoms with van der Waals surface area (Å²) in [5.74, 6) is 0. The fourth-order valence-electron chi connectivity index (χ4n) is 1.26. The average molecular weight is 196 g/mol. The van der Waals surface area contributed by atoms with Gasteiger partial charge in [-0.1, -0.05) is 0 Å². The van der Waals surface area contributed by atoms with E-state index in [4.69, 9.17) is 5.11 Å². The lowest BCUT2D eigenvalue weighted by Gasteiger charge is -2.45. The van der Waals surface area contributed by atoms with Gasteiger partial charge >= 0.3 is 0 Å². The minimum absolute atomic E-state index is 0. The fourth-order valence-corrected chi connectivity index (χ4v) is 1.26. The van der Waals surface area contributed by atoms with Crippen molar-refractivity contribution in [2.24, 2.45) is 0 Å². The van der Waals surface area contributed by atoms with Gasteiger partial charge in [-0.2, -0.15) is 0 Å². The van der Waals surface area contributed by atoms with Gasteiger partial charge in [-0.05, 0) is 13.8 Å². The molecule has 80 valence electrons. The molecule has 6 heteroatoms. The van der Waals surface area contributed by atoms with Crippen LogP contribution in [0.3, 0.4) is 0 Å². The Hall–Kier alpha value is -0.240. The summed E-state index contributed by atoms with van der Waals surface area (Å²) in [6, 6.07) is 0. The molecule has 1 saturated heterocycles. The molecule has 0 radical (unpaired) electrons. The average Bonchev–Trinajstić information content (AvgIpc) is 1.96. The van der Waals surface area contributed by atoms with Crippen LogP contribution in [-0.2, 0) is 4.74 Å². The van der Waals surface area contributed by atoms with Crippen LogP contribution in [0.4, 0.5) is 0 Å². The van der Waals surface area contributed by atoms with Crippen LogP contribution in [0.2, 0.25) is 0 Å². The summed E-state index contributed by atoms with van der Waals surface area (Å²) < 4.78 is 4.67. The molecular weight excluding hydrogens is 180 g/mol. The third-order valence-corrected chi connectivity index (χ3v) is 2.18.